The van der Waals surface area contributed by atoms with Crippen LogP contribution in [-0.2, 0) is 4.79 Å². The molecule has 2 rings (SSSR count). The first-order valence-electron chi connectivity index (χ1n) is 6.38. The molecule has 1 aliphatic rings. The van der Waals surface area contributed by atoms with Gasteiger partial charge >= 0.3 is 0 Å². The lowest BCUT2D eigenvalue weighted by Gasteiger charge is -2.25. The lowest BCUT2D eigenvalue weighted by atomic mass is 10.0. The highest BCUT2D eigenvalue weighted by molar-refractivity contribution is 6.30. The number of benzene rings is 1. The van der Waals surface area contributed by atoms with Crippen LogP contribution in [0.2, 0.25) is 5.02 Å². The van der Waals surface area contributed by atoms with E-state index in [1.54, 1.807) is 24.3 Å². The lowest BCUT2D eigenvalue weighted by Crippen LogP contribution is -2.41. The molecule has 0 spiro atoms. The predicted molar refractivity (Wildman–Crippen MR) is 74.4 cm³/mol. The minimum Gasteiger partial charge on any atom is -0.355 e. The van der Waals surface area contributed by atoms with Gasteiger partial charge in [0.2, 0.25) is 5.91 Å². The van der Waals surface area contributed by atoms with Crippen LogP contribution in [0.25, 0.3) is 0 Å². The SMILES string of the molecule is CC(C(=O)c1ccc(Cl)cc1)N1CCNC(=O)CC1. The van der Waals surface area contributed by atoms with Gasteiger partial charge in [0.15, 0.2) is 5.78 Å². The van der Waals surface area contributed by atoms with Crippen molar-refractivity contribution in [3.63, 3.8) is 0 Å². The molecule has 4 nitrogen and oxygen atoms in total. The van der Waals surface area contributed by atoms with Crippen molar-refractivity contribution in [3.05, 3.63) is 34.9 Å². The van der Waals surface area contributed by atoms with Crippen LogP contribution in [0.1, 0.15) is 23.7 Å². The molecule has 1 aromatic carbocycles. The summed E-state index contributed by atoms with van der Waals surface area (Å²) in [4.78, 5) is 25.7. The van der Waals surface area contributed by atoms with Crippen molar-refractivity contribution in [1.29, 1.82) is 0 Å². The van der Waals surface area contributed by atoms with Gasteiger partial charge in [-0.25, -0.2) is 0 Å². The summed E-state index contributed by atoms with van der Waals surface area (Å²) >= 11 is 5.81. The molecule has 1 N–H and O–H groups in total. The van der Waals surface area contributed by atoms with Crippen LogP contribution in [0.3, 0.4) is 0 Å². The van der Waals surface area contributed by atoms with Gasteiger partial charge in [-0.3, -0.25) is 14.5 Å². The molecule has 0 bridgehead atoms. The third-order valence-electron chi connectivity index (χ3n) is 3.40. The number of amides is 1. The maximum Gasteiger partial charge on any atom is 0.221 e. The van der Waals surface area contributed by atoms with E-state index in [-0.39, 0.29) is 17.7 Å². The van der Waals surface area contributed by atoms with Crippen LogP contribution in [0.15, 0.2) is 24.3 Å². The monoisotopic (exact) mass is 280 g/mol. The third kappa shape index (κ3) is 3.55. The predicted octanol–water partition coefficient (Wildman–Crippen LogP) is 1.73. The van der Waals surface area contributed by atoms with Crippen molar-refractivity contribution in [2.75, 3.05) is 19.6 Å². The molecule has 0 radical (unpaired) electrons. The van der Waals surface area contributed by atoms with E-state index < -0.39 is 0 Å². The molecule has 19 heavy (non-hydrogen) atoms. The highest BCUT2D eigenvalue weighted by atomic mass is 35.5. The van der Waals surface area contributed by atoms with Gasteiger partial charge in [-0.05, 0) is 31.2 Å². The zero-order valence-electron chi connectivity index (χ0n) is 10.9. The molecular weight excluding hydrogens is 264 g/mol. The Kier molecular flexibility index (Phi) is 4.56. The number of ketones is 1. The molecular formula is C14H17ClN2O2. The van der Waals surface area contributed by atoms with E-state index in [0.29, 0.717) is 36.6 Å². The second kappa shape index (κ2) is 6.17. The van der Waals surface area contributed by atoms with Gasteiger partial charge in [0.05, 0.1) is 6.04 Å². The highest BCUT2D eigenvalue weighted by Gasteiger charge is 2.24. The maximum absolute atomic E-state index is 12.4. The Hall–Kier alpha value is -1.39. The lowest BCUT2D eigenvalue weighted by molar-refractivity contribution is -0.120. The summed E-state index contributed by atoms with van der Waals surface area (Å²) in [6.45, 7) is 3.79. The number of Topliss-reactive ketones (excluding diaryl/α,β-unsaturated/α-hetero) is 1. The zero-order valence-corrected chi connectivity index (χ0v) is 11.6. The first-order valence-corrected chi connectivity index (χ1v) is 6.76. The van der Waals surface area contributed by atoms with Crippen LogP contribution in [-0.4, -0.2) is 42.3 Å². The minimum absolute atomic E-state index is 0.0497. The Morgan fingerprint density at radius 3 is 2.68 bits per heavy atom. The number of hydrogen-bond acceptors (Lipinski definition) is 3. The summed E-state index contributed by atoms with van der Waals surface area (Å²) in [6, 6.07) is 6.68. The first kappa shape index (κ1) is 14.0. The Morgan fingerprint density at radius 2 is 2.00 bits per heavy atom. The molecule has 1 unspecified atom stereocenters. The van der Waals surface area contributed by atoms with E-state index in [2.05, 4.69) is 5.32 Å². The molecule has 0 saturated carbocycles. The summed E-state index contributed by atoms with van der Waals surface area (Å²) < 4.78 is 0. The van der Waals surface area contributed by atoms with Gasteiger partial charge in [-0.1, -0.05) is 11.6 Å². The average Bonchev–Trinajstić information content (AvgIpc) is 2.63. The van der Waals surface area contributed by atoms with Crippen molar-refractivity contribution >= 4 is 23.3 Å². The summed E-state index contributed by atoms with van der Waals surface area (Å²) in [5.74, 6) is 0.111. The van der Waals surface area contributed by atoms with E-state index >= 15 is 0 Å². The van der Waals surface area contributed by atoms with E-state index in [9.17, 15) is 9.59 Å². The second-order valence-corrected chi connectivity index (χ2v) is 5.12. The molecule has 102 valence electrons. The van der Waals surface area contributed by atoms with Crippen LogP contribution in [0.5, 0.6) is 0 Å². The maximum atomic E-state index is 12.4. The molecule has 1 amide bonds. The van der Waals surface area contributed by atoms with Gasteiger partial charge in [-0.2, -0.15) is 0 Å². The van der Waals surface area contributed by atoms with Crippen molar-refractivity contribution in [1.82, 2.24) is 10.2 Å². The number of nitrogens with zero attached hydrogens (tertiary/aromatic N) is 1. The smallest absolute Gasteiger partial charge is 0.221 e. The average molecular weight is 281 g/mol. The topological polar surface area (TPSA) is 49.4 Å². The van der Waals surface area contributed by atoms with Crippen LogP contribution >= 0.6 is 11.6 Å². The van der Waals surface area contributed by atoms with Crippen LogP contribution in [0, 0.1) is 0 Å². The third-order valence-corrected chi connectivity index (χ3v) is 3.66. The Balaban J connectivity index is 2.05. The van der Waals surface area contributed by atoms with Gasteiger partial charge in [0, 0.05) is 36.6 Å². The quantitative estimate of drug-likeness (QED) is 0.858. The highest BCUT2D eigenvalue weighted by Crippen LogP contribution is 2.14. The first-order chi connectivity index (χ1) is 9.08. The number of halogens is 1. The van der Waals surface area contributed by atoms with Crippen molar-refractivity contribution in [3.8, 4) is 0 Å². The minimum atomic E-state index is -0.228. The standard InChI is InChI=1S/C14H17ClN2O2/c1-10(17-8-6-13(18)16-7-9-17)14(19)11-2-4-12(15)5-3-11/h2-5,10H,6-9H2,1H3,(H,16,18). The molecule has 1 aliphatic heterocycles. The molecule has 1 saturated heterocycles. The van der Waals surface area contributed by atoms with Gasteiger partial charge in [0.25, 0.3) is 0 Å². The molecule has 1 aromatic rings. The number of nitrogens with one attached hydrogen (secondary N) is 1. The van der Waals surface area contributed by atoms with Gasteiger partial charge in [0.1, 0.15) is 0 Å². The van der Waals surface area contributed by atoms with E-state index in [0.717, 1.165) is 0 Å². The Bertz CT molecular complexity index is 473. The van der Waals surface area contributed by atoms with Gasteiger partial charge in [-0.15, -0.1) is 0 Å². The fraction of sp³-hybridized carbons (Fsp3) is 0.429. The summed E-state index contributed by atoms with van der Waals surface area (Å²) in [5.41, 5.74) is 0.653. The molecule has 1 fully saturated rings. The number of hydrogen-bond donors (Lipinski definition) is 1. The Morgan fingerprint density at radius 1 is 1.32 bits per heavy atom. The fourth-order valence-corrected chi connectivity index (χ4v) is 2.32. The summed E-state index contributed by atoms with van der Waals surface area (Å²) in [5, 5.41) is 3.43. The Labute approximate surface area is 117 Å². The summed E-state index contributed by atoms with van der Waals surface area (Å²) in [6.07, 6.45) is 0.443. The molecule has 5 heteroatoms. The summed E-state index contributed by atoms with van der Waals surface area (Å²) in [7, 11) is 0. The van der Waals surface area contributed by atoms with E-state index in [1.165, 1.54) is 0 Å². The zero-order chi connectivity index (χ0) is 13.8. The van der Waals surface area contributed by atoms with E-state index in [4.69, 9.17) is 11.6 Å². The normalized spacial score (nSPS) is 18.5. The molecule has 0 aliphatic carbocycles. The molecule has 0 aromatic heterocycles. The second-order valence-electron chi connectivity index (χ2n) is 4.68. The van der Waals surface area contributed by atoms with Crippen molar-refractivity contribution in [2.24, 2.45) is 0 Å². The fourth-order valence-electron chi connectivity index (χ4n) is 2.19. The molecule has 1 atom stereocenters. The van der Waals surface area contributed by atoms with Crippen LogP contribution in [0.4, 0.5) is 0 Å². The van der Waals surface area contributed by atoms with Gasteiger partial charge < -0.3 is 5.32 Å². The molecule has 1 heterocycles. The van der Waals surface area contributed by atoms with E-state index in [1.807, 2.05) is 11.8 Å². The van der Waals surface area contributed by atoms with Crippen molar-refractivity contribution in [2.45, 2.75) is 19.4 Å². The number of carbonyl (C=O) groups is 2. The van der Waals surface area contributed by atoms with Crippen molar-refractivity contribution < 1.29 is 9.59 Å². The largest absolute Gasteiger partial charge is 0.355 e. The number of rotatable bonds is 3. The number of carbonyl (C=O) groups excluding carboxylic acids is 2. The van der Waals surface area contributed by atoms with Crippen LogP contribution < -0.4 is 5.32 Å².